The van der Waals surface area contributed by atoms with Crippen LogP contribution in [0.1, 0.15) is 39.0 Å². The topological polar surface area (TPSA) is 82.7 Å². The Labute approximate surface area is 186 Å². The van der Waals surface area contributed by atoms with Crippen LogP contribution in [0, 0.1) is 11.7 Å². The van der Waals surface area contributed by atoms with Gasteiger partial charge in [0.05, 0.1) is 11.2 Å². The summed E-state index contributed by atoms with van der Waals surface area (Å²) in [5.74, 6) is 0.170. The first-order valence-corrected chi connectivity index (χ1v) is 11.3. The molecule has 2 bridgehead atoms. The van der Waals surface area contributed by atoms with E-state index in [0.29, 0.717) is 12.1 Å². The van der Waals surface area contributed by atoms with Crippen LogP contribution in [0.2, 0.25) is 5.02 Å². The van der Waals surface area contributed by atoms with Gasteiger partial charge in [-0.2, -0.15) is 0 Å². The Kier molecular flexibility index (Phi) is 5.14. The van der Waals surface area contributed by atoms with Crippen molar-refractivity contribution < 1.29 is 18.7 Å². The number of benzene rings is 1. The van der Waals surface area contributed by atoms with E-state index in [9.17, 15) is 14.0 Å². The first-order chi connectivity index (χ1) is 14.7. The zero-order valence-corrected chi connectivity index (χ0v) is 18.3. The minimum Gasteiger partial charge on any atom is -0.484 e. The number of amides is 2. The molecule has 3 unspecified atom stereocenters. The molecule has 0 radical (unpaired) electrons. The van der Waals surface area contributed by atoms with E-state index in [1.54, 1.807) is 0 Å². The number of rotatable bonds is 6. The monoisotopic (exact) mass is 450 g/mol. The van der Waals surface area contributed by atoms with Gasteiger partial charge < -0.3 is 15.4 Å². The summed E-state index contributed by atoms with van der Waals surface area (Å²) in [7, 11) is 0. The fourth-order valence-electron chi connectivity index (χ4n) is 5.76. The fraction of sp³-hybridized carbons (Fsp3) is 0.636. The Morgan fingerprint density at radius 3 is 2.71 bits per heavy atom. The van der Waals surface area contributed by atoms with Crippen LogP contribution in [0.15, 0.2) is 18.2 Å². The number of halogens is 2. The second kappa shape index (κ2) is 7.60. The summed E-state index contributed by atoms with van der Waals surface area (Å²) in [4.78, 5) is 27.4. The van der Waals surface area contributed by atoms with Gasteiger partial charge in [0.25, 0.3) is 5.91 Å². The molecule has 31 heavy (non-hydrogen) atoms. The number of nitrogens with zero attached hydrogens (tertiary/aromatic N) is 1. The Morgan fingerprint density at radius 1 is 1.23 bits per heavy atom. The number of ether oxygens (including phenoxy) is 1. The molecule has 2 aliphatic heterocycles. The summed E-state index contributed by atoms with van der Waals surface area (Å²) in [6.45, 7) is 3.88. The number of hydrogen-bond acceptors (Lipinski definition) is 5. The molecule has 3 aliphatic carbocycles. The van der Waals surface area contributed by atoms with Gasteiger partial charge in [0, 0.05) is 30.2 Å². The quantitative estimate of drug-likeness (QED) is 0.615. The van der Waals surface area contributed by atoms with E-state index < -0.39 is 5.82 Å². The molecule has 168 valence electrons. The predicted octanol–water partition coefficient (Wildman–Crippen LogP) is 1.80. The summed E-state index contributed by atoms with van der Waals surface area (Å²) in [6.07, 6.45) is 4.83. The average Bonchev–Trinajstić information content (AvgIpc) is 3.09. The molecule has 9 heteroatoms. The van der Waals surface area contributed by atoms with Crippen LogP contribution in [-0.4, -0.2) is 59.7 Å². The van der Waals surface area contributed by atoms with Crippen molar-refractivity contribution >= 4 is 23.4 Å². The maximum absolute atomic E-state index is 13.5. The van der Waals surface area contributed by atoms with Crippen molar-refractivity contribution in [3.05, 3.63) is 29.0 Å². The zero-order valence-electron chi connectivity index (χ0n) is 17.5. The molecule has 7 nitrogen and oxygen atoms in total. The minimum absolute atomic E-state index is 0.0105. The van der Waals surface area contributed by atoms with Crippen molar-refractivity contribution in [2.24, 2.45) is 5.92 Å². The maximum Gasteiger partial charge on any atom is 0.258 e. The molecule has 3 N–H and O–H groups in total. The van der Waals surface area contributed by atoms with Crippen LogP contribution in [0.3, 0.4) is 0 Å². The van der Waals surface area contributed by atoms with Crippen molar-refractivity contribution in [1.82, 2.24) is 20.9 Å². The van der Waals surface area contributed by atoms with Gasteiger partial charge in [-0.3, -0.25) is 19.8 Å². The van der Waals surface area contributed by atoms with Crippen molar-refractivity contribution in [3.8, 4) is 5.75 Å². The Morgan fingerprint density at radius 2 is 1.97 bits per heavy atom. The molecule has 6 rings (SSSR count). The molecule has 0 spiro atoms. The first kappa shape index (κ1) is 21.0. The zero-order chi connectivity index (χ0) is 21.8. The predicted molar refractivity (Wildman–Crippen MR) is 113 cm³/mol. The molecule has 2 saturated heterocycles. The van der Waals surface area contributed by atoms with E-state index in [1.807, 2.05) is 0 Å². The highest BCUT2D eigenvalue weighted by Gasteiger charge is 2.69. The smallest absolute Gasteiger partial charge is 0.258 e. The van der Waals surface area contributed by atoms with Gasteiger partial charge >= 0.3 is 0 Å². The summed E-state index contributed by atoms with van der Waals surface area (Å²) < 4.78 is 18.8. The average molecular weight is 451 g/mol. The second-order valence-electron chi connectivity index (χ2n) is 9.86. The molecule has 0 aromatic heterocycles. The maximum atomic E-state index is 13.5. The number of hydrogen-bond donors (Lipinski definition) is 3. The highest BCUT2D eigenvalue weighted by atomic mass is 35.5. The molecular weight excluding hydrogens is 423 g/mol. The third-order valence-electron chi connectivity index (χ3n) is 7.13. The SMILES string of the molecule is CC1CCC2NC(C(=O)NC34CC(NC(=O)COc5ccc(Cl)c(F)c5)(C3)C4)CN2C1. The van der Waals surface area contributed by atoms with Gasteiger partial charge in [-0.05, 0) is 50.2 Å². The van der Waals surface area contributed by atoms with Crippen LogP contribution < -0.4 is 20.7 Å². The Balaban J connectivity index is 1.05. The normalized spacial score (nSPS) is 36.0. The molecule has 2 amide bonds. The minimum atomic E-state index is -0.584. The standard InChI is InChI=1S/C22H28ClFN4O3/c1-13-2-5-18-25-17(8-28(18)7-13)20(30)27-22-10-21(11-22,12-22)26-19(29)9-31-14-3-4-15(23)16(24)6-14/h3-4,6,13,17-18,25H,2,5,7-12H2,1H3,(H,26,29)(H,27,30). The molecule has 5 fully saturated rings. The van der Waals surface area contributed by atoms with E-state index >= 15 is 0 Å². The van der Waals surface area contributed by atoms with Gasteiger partial charge in [0.2, 0.25) is 5.91 Å². The van der Waals surface area contributed by atoms with E-state index in [2.05, 4.69) is 27.8 Å². The van der Waals surface area contributed by atoms with E-state index in [-0.39, 0.29) is 46.3 Å². The molecule has 5 aliphatic rings. The van der Waals surface area contributed by atoms with Gasteiger partial charge in [-0.25, -0.2) is 4.39 Å². The van der Waals surface area contributed by atoms with Crippen LogP contribution in [-0.2, 0) is 9.59 Å². The van der Waals surface area contributed by atoms with E-state index in [4.69, 9.17) is 16.3 Å². The highest BCUT2D eigenvalue weighted by molar-refractivity contribution is 6.30. The molecule has 1 aromatic rings. The largest absolute Gasteiger partial charge is 0.484 e. The molecular formula is C22H28ClFN4O3. The molecule has 2 heterocycles. The first-order valence-electron chi connectivity index (χ1n) is 11.0. The Hall–Kier alpha value is -1.90. The number of carbonyl (C=O) groups is 2. The number of carbonyl (C=O) groups excluding carboxylic acids is 2. The van der Waals surface area contributed by atoms with E-state index in [0.717, 1.165) is 44.8 Å². The lowest BCUT2D eigenvalue weighted by Gasteiger charge is -2.70. The Bertz CT molecular complexity index is 893. The van der Waals surface area contributed by atoms with Gasteiger partial charge in [0.15, 0.2) is 6.61 Å². The van der Waals surface area contributed by atoms with Crippen molar-refractivity contribution in [1.29, 1.82) is 0 Å². The third-order valence-corrected chi connectivity index (χ3v) is 7.44. The highest BCUT2D eigenvalue weighted by Crippen LogP contribution is 2.60. The molecule has 1 aromatic carbocycles. The lowest BCUT2D eigenvalue weighted by Crippen LogP contribution is -2.84. The van der Waals surface area contributed by atoms with Crippen molar-refractivity contribution in [3.63, 3.8) is 0 Å². The molecule has 3 atom stereocenters. The van der Waals surface area contributed by atoms with Gasteiger partial charge in [-0.1, -0.05) is 18.5 Å². The van der Waals surface area contributed by atoms with Crippen LogP contribution in [0.5, 0.6) is 5.75 Å². The fourth-order valence-corrected chi connectivity index (χ4v) is 5.88. The number of fused-ring (bicyclic) bond motifs is 1. The molecule has 3 saturated carbocycles. The van der Waals surface area contributed by atoms with Crippen LogP contribution in [0.25, 0.3) is 0 Å². The van der Waals surface area contributed by atoms with Crippen LogP contribution >= 0.6 is 11.6 Å². The number of piperidine rings is 1. The lowest BCUT2D eigenvalue weighted by atomic mass is 9.44. The van der Waals surface area contributed by atoms with Gasteiger partial charge in [-0.15, -0.1) is 0 Å². The lowest BCUT2D eigenvalue weighted by molar-refractivity contribution is -0.151. The van der Waals surface area contributed by atoms with Crippen molar-refractivity contribution in [2.45, 2.75) is 62.3 Å². The van der Waals surface area contributed by atoms with Gasteiger partial charge in [0.1, 0.15) is 17.6 Å². The second-order valence-corrected chi connectivity index (χ2v) is 10.3. The summed E-state index contributed by atoms with van der Waals surface area (Å²) >= 11 is 5.64. The third kappa shape index (κ3) is 4.01. The van der Waals surface area contributed by atoms with Crippen molar-refractivity contribution in [2.75, 3.05) is 19.7 Å². The summed E-state index contributed by atoms with van der Waals surface area (Å²) in [5.41, 5.74) is -0.447. The number of nitrogens with one attached hydrogen (secondary N) is 3. The summed E-state index contributed by atoms with van der Waals surface area (Å²) in [6, 6.07) is 3.91. The van der Waals surface area contributed by atoms with E-state index in [1.165, 1.54) is 18.6 Å². The summed E-state index contributed by atoms with van der Waals surface area (Å²) in [5, 5.41) is 9.72. The van der Waals surface area contributed by atoms with Crippen LogP contribution in [0.4, 0.5) is 4.39 Å².